The molecule has 3 atom stereocenters. The van der Waals surface area contributed by atoms with E-state index in [-0.39, 0.29) is 6.10 Å². The van der Waals surface area contributed by atoms with E-state index in [4.69, 9.17) is 0 Å². The van der Waals surface area contributed by atoms with Crippen LogP contribution >= 0.6 is 0 Å². The first-order chi connectivity index (χ1) is 5.29. The zero-order valence-corrected chi connectivity index (χ0v) is 6.95. The van der Waals surface area contributed by atoms with Crippen LogP contribution < -0.4 is 5.32 Å². The van der Waals surface area contributed by atoms with E-state index in [1.807, 2.05) is 0 Å². The van der Waals surface area contributed by atoms with E-state index < -0.39 is 0 Å². The predicted octanol–water partition coefficient (Wildman–Crippen LogP) is -0.729. The average molecular weight is 156 g/mol. The van der Waals surface area contributed by atoms with E-state index in [1.54, 1.807) is 0 Å². The van der Waals surface area contributed by atoms with E-state index in [1.165, 1.54) is 0 Å². The molecule has 2 N–H and O–H groups in total. The third-order valence-electron chi connectivity index (χ3n) is 3.07. The molecule has 0 bridgehead atoms. The van der Waals surface area contributed by atoms with E-state index >= 15 is 0 Å². The second-order valence-corrected chi connectivity index (χ2v) is 3.73. The summed E-state index contributed by atoms with van der Waals surface area (Å²) in [7, 11) is 2.15. The maximum Gasteiger partial charge on any atom is 0.0608 e. The molecule has 3 nitrogen and oxygen atoms in total. The van der Waals surface area contributed by atoms with Crippen LogP contribution in [0.25, 0.3) is 0 Å². The second-order valence-electron chi connectivity index (χ2n) is 3.73. The summed E-state index contributed by atoms with van der Waals surface area (Å²) < 4.78 is 0. The lowest BCUT2D eigenvalue weighted by Crippen LogP contribution is -2.48. The second kappa shape index (κ2) is 2.73. The van der Waals surface area contributed by atoms with Crippen molar-refractivity contribution in [2.75, 3.05) is 26.7 Å². The lowest BCUT2D eigenvalue weighted by atomic mass is 9.90. The summed E-state index contributed by atoms with van der Waals surface area (Å²) >= 11 is 0. The number of likely N-dealkylation sites (N-methyl/N-ethyl adjacent to an activating group) is 1. The predicted molar refractivity (Wildman–Crippen MR) is 43.4 cm³/mol. The van der Waals surface area contributed by atoms with Crippen molar-refractivity contribution >= 4 is 0 Å². The van der Waals surface area contributed by atoms with Gasteiger partial charge in [-0.3, -0.25) is 0 Å². The molecule has 2 rings (SSSR count). The third-order valence-corrected chi connectivity index (χ3v) is 3.07. The molecule has 0 aromatic heterocycles. The van der Waals surface area contributed by atoms with Crippen LogP contribution in [0.2, 0.25) is 0 Å². The molecule has 0 amide bonds. The number of piperidine rings is 1. The van der Waals surface area contributed by atoms with E-state index in [9.17, 15) is 5.11 Å². The molecule has 3 heteroatoms. The number of aliphatic hydroxyl groups excluding tert-OH is 1. The van der Waals surface area contributed by atoms with E-state index in [0.717, 1.165) is 26.1 Å². The van der Waals surface area contributed by atoms with Crippen molar-refractivity contribution in [1.82, 2.24) is 10.2 Å². The molecule has 2 aliphatic heterocycles. The minimum Gasteiger partial charge on any atom is -0.393 e. The Balaban J connectivity index is 2.08. The first-order valence-electron chi connectivity index (χ1n) is 4.38. The van der Waals surface area contributed by atoms with Gasteiger partial charge in [-0.25, -0.2) is 0 Å². The van der Waals surface area contributed by atoms with Gasteiger partial charge in [-0.15, -0.1) is 0 Å². The summed E-state index contributed by atoms with van der Waals surface area (Å²) in [6.07, 6.45) is 0.880. The highest BCUT2D eigenvalue weighted by Crippen LogP contribution is 2.25. The fourth-order valence-electron chi connectivity index (χ4n) is 2.28. The summed E-state index contributed by atoms with van der Waals surface area (Å²) in [6.45, 7) is 3.10. The van der Waals surface area contributed by atoms with Crippen molar-refractivity contribution in [2.45, 2.75) is 18.6 Å². The summed E-state index contributed by atoms with van der Waals surface area (Å²) in [5, 5.41) is 13.0. The van der Waals surface area contributed by atoms with Crippen molar-refractivity contribution in [2.24, 2.45) is 5.92 Å². The van der Waals surface area contributed by atoms with Crippen LogP contribution in [0.5, 0.6) is 0 Å². The van der Waals surface area contributed by atoms with Crippen LogP contribution in [0.15, 0.2) is 0 Å². The van der Waals surface area contributed by atoms with Crippen LogP contribution in [0.4, 0.5) is 0 Å². The lowest BCUT2D eigenvalue weighted by molar-refractivity contribution is 0.0184. The summed E-state index contributed by atoms with van der Waals surface area (Å²) in [6, 6.07) is 0.582. The minimum atomic E-state index is -0.0637. The van der Waals surface area contributed by atoms with Gasteiger partial charge in [-0.1, -0.05) is 0 Å². The number of nitrogens with zero attached hydrogens (tertiary/aromatic N) is 1. The Morgan fingerprint density at radius 2 is 2.27 bits per heavy atom. The molecular formula is C8H16N2O. The van der Waals surface area contributed by atoms with Crippen molar-refractivity contribution in [3.8, 4) is 0 Å². The lowest BCUT2D eigenvalue weighted by Gasteiger charge is -2.37. The molecule has 0 saturated carbocycles. The van der Waals surface area contributed by atoms with Gasteiger partial charge >= 0.3 is 0 Å². The Hall–Kier alpha value is -0.120. The maximum absolute atomic E-state index is 9.63. The molecule has 0 spiro atoms. The fraction of sp³-hybridized carbons (Fsp3) is 1.00. The van der Waals surface area contributed by atoms with Crippen LogP contribution in [0, 0.1) is 5.92 Å². The zero-order valence-electron chi connectivity index (χ0n) is 6.95. The van der Waals surface area contributed by atoms with Crippen molar-refractivity contribution in [3.63, 3.8) is 0 Å². The maximum atomic E-state index is 9.63. The third kappa shape index (κ3) is 1.17. The summed E-state index contributed by atoms with van der Waals surface area (Å²) in [5.41, 5.74) is 0. The standard InChI is InChI=1S/C8H16N2O/c1-10-3-2-8(11)6-4-9-5-7(6)10/h6-9,11H,2-5H2,1H3/t6-,7?,8?/m1/s1. The van der Waals surface area contributed by atoms with Gasteiger partial charge in [-0.2, -0.15) is 0 Å². The van der Waals surface area contributed by atoms with Gasteiger partial charge in [0, 0.05) is 31.6 Å². The number of hydrogen-bond acceptors (Lipinski definition) is 3. The molecule has 0 radical (unpaired) electrons. The highest BCUT2D eigenvalue weighted by atomic mass is 16.3. The topological polar surface area (TPSA) is 35.5 Å². The number of nitrogens with one attached hydrogen (secondary N) is 1. The number of fused-ring (bicyclic) bond motifs is 1. The molecule has 2 saturated heterocycles. The minimum absolute atomic E-state index is 0.0637. The number of aliphatic hydroxyl groups is 1. The Morgan fingerprint density at radius 3 is 3.00 bits per heavy atom. The smallest absolute Gasteiger partial charge is 0.0608 e. The molecule has 2 unspecified atom stereocenters. The Kier molecular flexibility index (Phi) is 1.87. The average Bonchev–Trinajstić information content (AvgIpc) is 2.45. The first-order valence-corrected chi connectivity index (χ1v) is 4.38. The highest BCUT2D eigenvalue weighted by molar-refractivity contribution is 4.94. The monoisotopic (exact) mass is 156 g/mol. The van der Waals surface area contributed by atoms with Gasteiger partial charge in [0.05, 0.1) is 6.10 Å². The molecule has 0 aliphatic carbocycles. The van der Waals surface area contributed by atoms with E-state index in [2.05, 4.69) is 17.3 Å². The van der Waals surface area contributed by atoms with Crippen molar-refractivity contribution in [1.29, 1.82) is 0 Å². The summed E-state index contributed by atoms with van der Waals surface area (Å²) in [5.74, 6) is 0.480. The summed E-state index contributed by atoms with van der Waals surface area (Å²) in [4.78, 5) is 2.36. The number of likely N-dealkylation sites (tertiary alicyclic amines) is 1. The molecule has 0 aromatic rings. The molecular weight excluding hydrogens is 140 g/mol. The Bertz CT molecular complexity index is 135. The molecule has 64 valence electrons. The van der Waals surface area contributed by atoms with Gasteiger partial charge in [0.1, 0.15) is 0 Å². The number of rotatable bonds is 0. The SMILES string of the molecule is CN1CCC(O)[C@@H]2CNCC21. The fourth-order valence-corrected chi connectivity index (χ4v) is 2.28. The molecule has 11 heavy (non-hydrogen) atoms. The van der Waals surface area contributed by atoms with Crippen LogP contribution in [-0.2, 0) is 0 Å². The Labute approximate surface area is 67.4 Å². The van der Waals surface area contributed by atoms with Gasteiger partial charge in [0.15, 0.2) is 0 Å². The van der Waals surface area contributed by atoms with Gasteiger partial charge < -0.3 is 15.3 Å². The van der Waals surface area contributed by atoms with Crippen LogP contribution in [0.1, 0.15) is 6.42 Å². The van der Waals surface area contributed by atoms with Gasteiger partial charge in [-0.05, 0) is 13.5 Å². The first kappa shape index (κ1) is 7.53. The van der Waals surface area contributed by atoms with Gasteiger partial charge in [0.2, 0.25) is 0 Å². The van der Waals surface area contributed by atoms with E-state index in [0.29, 0.717) is 12.0 Å². The van der Waals surface area contributed by atoms with Gasteiger partial charge in [0.25, 0.3) is 0 Å². The Morgan fingerprint density at radius 1 is 1.45 bits per heavy atom. The van der Waals surface area contributed by atoms with Crippen molar-refractivity contribution < 1.29 is 5.11 Å². The quantitative estimate of drug-likeness (QED) is 0.485. The molecule has 2 heterocycles. The van der Waals surface area contributed by atoms with Crippen LogP contribution in [0.3, 0.4) is 0 Å². The molecule has 0 aromatic carbocycles. The van der Waals surface area contributed by atoms with Crippen LogP contribution in [-0.4, -0.2) is 48.8 Å². The highest BCUT2D eigenvalue weighted by Gasteiger charge is 2.38. The largest absolute Gasteiger partial charge is 0.393 e. The van der Waals surface area contributed by atoms with Crippen molar-refractivity contribution in [3.05, 3.63) is 0 Å². The normalized spacial score (nSPS) is 45.8. The zero-order chi connectivity index (χ0) is 7.84. The molecule has 2 aliphatic rings. The molecule has 2 fully saturated rings. The number of hydrogen-bond donors (Lipinski definition) is 2.